The fraction of sp³-hybridized carbons (Fsp3) is 0.333. The van der Waals surface area contributed by atoms with Crippen molar-refractivity contribution in [2.24, 2.45) is 0 Å². The number of hydrogen-bond acceptors (Lipinski definition) is 5. The topological polar surface area (TPSA) is 90.4 Å². The van der Waals surface area contributed by atoms with E-state index in [0.29, 0.717) is 31.1 Å². The Morgan fingerprint density at radius 2 is 2.28 bits per heavy atom. The Labute approximate surface area is 106 Å². The third kappa shape index (κ3) is 4.42. The van der Waals surface area contributed by atoms with Gasteiger partial charge in [-0.2, -0.15) is 0 Å². The summed E-state index contributed by atoms with van der Waals surface area (Å²) in [7, 11) is 0. The van der Waals surface area contributed by atoms with Gasteiger partial charge in [0.25, 0.3) is 5.69 Å². The van der Waals surface area contributed by atoms with Gasteiger partial charge in [0.05, 0.1) is 29.5 Å². The van der Waals surface area contributed by atoms with Crippen LogP contribution in [-0.4, -0.2) is 24.7 Å². The van der Waals surface area contributed by atoms with E-state index < -0.39 is 4.92 Å². The van der Waals surface area contributed by atoms with E-state index in [9.17, 15) is 10.1 Å². The molecule has 0 unspecified atom stereocenters. The zero-order chi connectivity index (χ0) is 13.4. The summed E-state index contributed by atoms with van der Waals surface area (Å²) in [6, 6.07) is 4.34. The normalized spacial score (nSPS) is 10.0. The maximum absolute atomic E-state index is 10.5. The molecule has 0 aliphatic rings. The SMILES string of the molecule is C=CCCOCCNc1ccc([N+](=O)[O-])cc1N. The second-order valence-corrected chi connectivity index (χ2v) is 3.65. The number of nitro groups is 1. The van der Waals surface area contributed by atoms with Crippen molar-refractivity contribution >= 4 is 17.1 Å². The summed E-state index contributed by atoms with van der Waals surface area (Å²) in [5.74, 6) is 0. The molecule has 6 heteroatoms. The van der Waals surface area contributed by atoms with Gasteiger partial charge >= 0.3 is 0 Å². The smallest absolute Gasteiger partial charge is 0.271 e. The first-order valence-electron chi connectivity index (χ1n) is 5.61. The van der Waals surface area contributed by atoms with Gasteiger partial charge in [-0.3, -0.25) is 10.1 Å². The predicted molar refractivity (Wildman–Crippen MR) is 71.6 cm³/mol. The summed E-state index contributed by atoms with van der Waals surface area (Å²) in [4.78, 5) is 10.1. The number of nitro benzene ring substituents is 1. The summed E-state index contributed by atoms with van der Waals surface area (Å²) >= 11 is 0. The van der Waals surface area contributed by atoms with Crippen molar-refractivity contribution in [2.75, 3.05) is 30.8 Å². The highest BCUT2D eigenvalue weighted by atomic mass is 16.6. The lowest BCUT2D eigenvalue weighted by atomic mass is 10.2. The zero-order valence-corrected chi connectivity index (χ0v) is 10.1. The fourth-order valence-electron chi connectivity index (χ4n) is 1.35. The quantitative estimate of drug-likeness (QED) is 0.243. The zero-order valence-electron chi connectivity index (χ0n) is 10.1. The van der Waals surface area contributed by atoms with Crippen LogP contribution in [0.2, 0.25) is 0 Å². The number of benzene rings is 1. The van der Waals surface area contributed by atoms with Crippen molar-refractivity contribution in [3.8, 4) is 0 Å². The maximum Gasteiger partial charge on any atom is 0.271 e. The highest BCUT2D eigenvalue weighted by molar-refractivity contribution is 5.69. The number of rotatable bonds is 8. The Hall–Kier alpha value is -2.08. The third-order valence-electron chi connectivity index (χ3n) is 2.27. The Morgan fingerprint density at radius 3 is 2.89 bits per heavy atom. The number of hydrogen-bond donors (Lipinski definition) is 2. The monoisotopic (exact) mass is 251 g/mol. The number of nitrogens with zero attached hydrogens (tertiary/aromatic N) is 1. The summed E-state index contributed by atoms with van der Waals surface area (Å²) < 4.78 is 5.31. The minimum atomic E-state index is -0.474. The molecular weight excluding hydrogens is 234 g/mol. The van der Waals surface area contributed by atoms with Crippen LogP contribution in [0.1, 0.15) is 6.42 Å². The largest absolute Gasteiger partial charge is 0.397 e. The lowest BCUT2D eigenvalue weighted by Gasteiger charge is -2.09. The molecule has 0 amide bonds. The number of non-ortho nitro benzene ring substituents is 1. The van der Waals surface area contributed by atoms with Gasteiger partial charge < -0.3 is 15.8 Å². The van der Waals surface area contributed by atoms with Crippen LogP contribution in [0.4, 0.5) is 17.1 Å². The van der Waals surface area contributed by atoms with Crippen molar-refractivity contribution in [1.29, 1.82) is 0 Å². The molecule has 0 radical (unpaired) electrons. The molecule has 0 atom stereocenters. The van der Waals surface area contributed by atoms with Crippen LogP contribution in [0.3, 0.4) is 0 Å². The summed E-state index contributed by atoms with van der Waals surface area (Å²) in [5, 5.41) is 13.6. The van der Waals surface area contributed by atoms with Gasteiger partial charge in [-0.15, -0.1) is 6.58 Å². The minimum Gasteiger partial charge on any atom is -0.397 e. The molecular formula is C12H17N3O3. The van der Waals surface area contributed by atoms with E-state index in [-0.39, 0.29) is 5.69 Å². The van der Waals surface area contributed by atoms with Gasteiger partial charge in [-0.1, -0.05) is 6.08 Å². The molecule has 3 N–H and O–H groups in total. The van der Waals surface area contributed by atoms with Crippen LogP contribution in [0, 0.1) is 10.1 Å². The first-order valence-corrected chi connectivity index (χ1v) is 5.61. The number of anilines is 2. The average molecular weight is 251 g/mol. The standard InChI is InChI=1S/C12H17N3O3/c1-2-3-7-18-8-6-14-12-5-4-10(15(16)17)9-11(12)13/h2,4-5,9,14H,1,3,6-8,13H2. The van der Waals surface area contributed by atoms with Gasteiger partial charge in [0.1, 0.15) is 0 Å². The molecule has 0 fully saturated rings. The molecule has 18 heavy (non-hydrogen) atoms. The Kier molecular flexibility index (Phi) is 5.66. The van der Waals surface area contributed by atoms with Crippen molar-refractivity contribution in [1.82, 2.24) is 0 Å². The molecule has 1 aromatic carbocycles. The van der Waals surface area contributed by atoms with Gasteiger partial charge in [0, 0.05) is 18.7 Å². The van der Waals surface area contributed by atoms with E-state index in [1.807, 2.05) is 0 Å². The number of nitrogens with two attached hydrogens (primary N) is 1. The maximum atomic E-state index is 10.5. The van der Waals surface area contributed by atoms with E-state index in [4.69, 9.17) is 10.5 Å². The van der Waals surface area contributed by atoms with Gasteiger partial charge in [0.2, 0.25) is 0 Å². The minimum absolute atomic E-state index is 0.0136. The number of nitrogens with one attached hydrogen (secondary N) is 1. The second kappa shape index (κ2) is 7.29. The van der Waals surface area contributed by atoms with Gasteiger partial charge in [-0.25, -0.2) is 0 Å². The molecule has 0 saturated carbocycles. The molecule has 0 aromatic heterocycles. The highest BCUT2D eigenvalue weighted by Gasteiger charge is 2.07. The average Bonchev–Trinajstić information content (AvgIpc) is 2.35. The highest BCUT2D eigenvalue weighted by Crippen LogP contribution is 2.23. The van der Waals surface area contributed by atoms with Crippen LogP contribution in [0.15, 0.2) is 30.9 Å². The molecule has 1 rings (SSSR count). The molecule has 98 valence electrons. The van der Waals surface area contributed by atoms with E-state index in [0.717, 1.165) is 6.42 Å². The lowest BCUT2D eigenvalue weighted by molar-refractivity contribution is -0.384. The van der Waals surface area contributed by atoms with E-state index in [1.54, 1.807) is 12.1 Å². The van der Waals surface area contributed by atoms with Crippen molar-refractivity contribution in [3.63, 3.8) is 0 Å². The first kappa shape index (κ1) is 14.0. The van der Waals surface area contributed by atoms with Gasteiger partial charge in [0.15, 0.2) is 0 Å². The second-order valence-electron chi connectivity index (χ2n) is 3.65. The molecule has 6 nitrogen and oxygen atoms in total. The molecule has 0 spiro atoms. The summed E-state index contributed by atoms with van der Waals surface area (Å²) in [6.45, 7) is 5.38. The lowest BCUT2D eigenvalue weighted by Crippen LogP contribution is -2.11. The summed E-state index contributed by atoms with van der Waals surface area (Å²) in [5.41, 5.74) is 6.72. The molecule has 0 aliphatic carbocycles. The summed E-state index contributed by atoms with van der Waals surface area (Å²) in [6.07, 6.45) is 2.61. The van der Waals surface area contributed by atoms with Crippen LogP contribution in [-0.2, 0) is 4.74 Å². The van der Waals surface area contributed by atoms with Crippen LogP contribution in [0.25, 0.3) is 0 Å². The molecule has 0 aliphatic heterocycles. The number of nitrogen functional groups attached to an aromatic ring is 1. The van der Waals surface area contributed by atoms with Crippen LogP contribution >= 0.6 is 0 Å². The molecule has 0 bridgehead atoms. The van der Waals surface area contributed by atoms with Crippen molar-refractivity contribution in [3.05, 3.63) is 41.0 Å². The van der Waals surface area contributed by atoms with E-state index in [1.165, 1.54) is 12.1 Å². The number of ether oxygens (including phenoxy) is 1. The van der Waals surface area contributed by atoms with E-state index >= 15 is 0 Å². The van der Waals surface area contributed by atoms with Crippen LogP contribution in [0.5, 0.6) is 0 Å². The van der Waals surface area contributed by atoms with E-state index in [2.05, 4.69) is 11.9 Å². The van der Waals surface area contributed by atoms with Crippen molar-refractivity contribution < 1.29 is 9.66 Å². The third-order valence-corrected chi connectivity index (χ3v) is 2.27. The molecule has 1 aromatic rings. The van der Waals surface area contributed by atoms with Crippen LogP contribution < -0.4 is 11.1 Å². The first-order chi connectivity index (χ1) is 8.65. The van der Waals surface area contributed by atoms with Gasteiger partial charge in [-0.05, 0) is 12.5 Å². The Morgan fingerprint density at radius 1 is 1.50 bits per heavy atom. The predicted octanol–water partition coefficient (Wildman–Crippen LogP) is 2.18. The Bertz CT molecular complexity index is 421. The molecule has 0 heterocycles. The molecule has 0 saturated heterocycles. The van der Waals surface area contributed by atoms with Crippen molar-refractivity contribution in [2.45, 2.75) is 6.42 Å². The fourth-order valence-corrected chi connectivity index (χ4v) is 1.35. The Balaban J connectivity index is 2.38.